The van der Waals surface area contributed by atoms with Gasteiger partial charge in [0.05, 0.1) is 17.7 Å². The molecule has 0 unspecified atom stereocenters. The van der Waals surface area contributed by atoms with Crippen LogP contribution in [0.2, 0.25) is 0 Å². The Kier molecular flexibility index (Phi) is 9.16. The molecule has 0 bridgehead atoms. The number of sulfonamides is 1. The Bertz CT molecular complexity index is 1580. The van der Waals surface area contributed by atoms with Gasteiger partial charge in [-0.1, -0.05) is 70.0 Å². The van der Waals surface area contributed by atoms with Gasteiger partial charge in [-0.15, -0.1) is 0 Å². The van der Waals surface area contributed by atoms with Gasteiger partial charge in [0.15, 0.2) is 0 Å². The number of hydrogen-bond acceptors (Lipinski definition) is 4. The van der Waals surface area contributed by atoms with E-state index in [1.165, 1.54) is 4.31 Å². The highest BCUT2D eigenvalue weighted by Crippen LogP contribution is 2.22. The first-order chi connectivity index (χ1) is 18.6. The number of nitrogens with one attached hydrogen (secondary N) is 1. The predicted octanol–water partition coefficient (Wildman–Crippen LogP) is 5.55. The number of halogens is 1. The van der Waals surface area contributed by atoms with Crippen molar-refractivity contribution in [1.29, 1.82) is 0 Å². The summed E-state index contributed by atoms with van der Waals surface area (Å²) in [7, 11) is -3.89. The van der Waals surface area contributed by atoms with Gasteiger partial charge in [-0.2, -0.15) is 9.41 Å². The molecule has 0 saturated heterocycles. The number of rotatable bonds is 10. The largest absolute Gasteiger partial charge is 0.318 e. The second kappa shape index (κ2) is 12.5. The van der Waals surface area contributed by atoms with Crippen LogP contribution in [0, 0.1) is 20.8 Å². The molecule has 0 radical (unpaired) electrons. The second-order valence-corrected chi connectivity index (χ2v) is 12.2. The minimum absolute atomic E-state index is 0.150. The van der Waals surface area contributed by atoms with Gasteiger partial charge in [0.25, 0.3) is 5.91 Å². The van der Waals surface area contributed by atoms with E-state index in [9.17, 15) is 13.2 Å². The normalized spacial score (nSPS) is 11.8. The molecule has 1 heterocycles. The van der Waals surface area contributed by atoms with Gasteiger partial charge in [0, 0.05) is 33.7 Å². The van der Waals surface area contributed by atoms with Crippen LogP contribution < -0.4 is 5.43 Å². The summed E-state index contributed by atoms with van der Waals surface area (Å²) in [5.74, 6) is -0.518. The van der Waals surface area contributed by atoms with E-state index in [1.807, 2.05) is 81.4 Å². The van der Waals surface area contributed by atoms with Crippen molar-refractivity contribution < 1.29 is 13.2 Å². The molecule has 4 rings (SSSR count). The monoisotopic (exact) mass is 606 g/mol. The number of carbonyl (C=O) groups excluding carboxylic acids is 1. The number of carbonyl (C=O) groups is 1. The van der Waals surface area contributed by atoms with E-state index < -0.39 is 15.9 Å². The molecule has 7 nitrogen and oxygen atoms in total. The van der Waals surface area contributed by atoms with E-state index in [1.54, 1.807) is 30.5 Å². The third-order valence-electron chi connectivity index (χ3n) is 6.40. The van der Waals surface area contributed by atoms with Crippen molar-refractivity contribution in [2.45, 2.75) is 32.1 Å². The average molecular weight is 608 g/mol. The Hall–Kier alpha value is -3.53. The number of aromatic nitrogens is 1. The van der Waals surface area contributed by atoms with Crippen molar-refractivity contribution in [3.8, 4) is 5.69 Å². The molecule has 0 aliphatic heterocycles. The quantitative estimate of drug-likeness (QED) is 0.190. The van der Waals surface area contributed by atoms with E-state index in [2.05, 4.69) is 31.0 Å². The highest BCUT2D eigenvalue weighted by atomic mass is 79.9. The van der Waals surface area contributed by atoms with E-state index in [-0.39, 0.29) is 18.0 Å². The molecule has 1 aromatic heterocycles. The van der Waals surface area contributed by atoms with Crippen LogP contribution in [0.3, 0.4) is 0 Å². The van der Waals surface area contributed by atoms with Crippen molar-refractivity contribution in [2.24, 2.45) is 5.10 Å². The van der Waals surface area contributed by atoms with Crippen LogP contribution >= 0.6 is 15.9 Å². The lowest BCUT2D eigenvalue weighted by molar-refractivity contribution is -0.121. The van der Waals surface area contributed by atoms with Gasteiger partial charge < -0.3 is 4.57 Å². The average Bonchev–Trinajstić information content (AvgIpc) is 3.19. The van der Waals surface area contributed by atoms with E-state index in [0.29, 0.717) is 6.42 Å². The summed E-state index contributed by atoms with van der Waals surface area (Å²) in [4.78, 5) is 13.0. The molecule has 202 valence electrons. The van der Waals surface area contributed by atoms with Gasteiger partial charge in [-0.3, -0.25) is 4.79 Å². The lowest BCUT2D eigenvalue weighted by Gasteiger charge is -2.21. The van der Waals surface area contributed by atoms with E-state index in [0.717, 1.165) is 38.2 Å². The van der Waals surface area contributed by atoms with Gasteiger partial charge in [-0.25, -0.2) is 13.8 Å². The summed E-state index contributed by atoms with van der Waals surface area (Å²) in [6.45, 7) is 5.69. The molecule has 9 heteroatoms. The third kappa shape index (κ3) is 7.11. The van der Waals surface area contributed by atoms with E-state index >= 15 is 0 Å². The highest BCUT2D eigenvalue weighted by Gasteiger charge is 2.26. The first-order valence-electron chi connectivity index (χ1n) is 12.5. The van der Waals surface area contributed by atoms with E-state index in [4.69, 9.17) is 0 Å². The van der Waals surface area contributed by atoms with Gasteiger partial charge in [0.1, 0.15) is 0 Å². The van der Waals surface area contributed by atoms with Crippen LogP contribution in [0.4, 0.5) is 0 Å². The molecule has 0 aliphatic carbocycles. The second-order valence-electron chi connectivity index (χ2n) is 9.32. The predicted molar refractivity (Wildman–Crippen MR) is 159 cm³/mol. The Morgan fingerprint density at radius 3 is 2.38 bits per heavy atom. The highest BCUT2D eigenvalue weighted by molar-refractivity contribution is 9.10. The number of nitrogens with zero attached hydrogens (tertiary/aromatic N) is 3. The molecule has 0 atom stereocenters. The Labute approximate surface area is 238 Å². The van der Waals surface area contributed by atoms with Crippen LogP contribution in [0.1, 0.15) is 28.1 Å². The zero-order valence-corrected chi connectivity index (χ0v) is 24.5. The first-order valence-corrected chi connectivity index (χ1v) is 14.8. The zero-order valence-electron chi connectivity index (χ0n) is 22.1. The number of hydrogen-bond donors (Lipinski definition) is 1. The topological polar surface area (TPSA) is 83.8 Å². The van der Waals surface area contributed by atoms with Crippen LogP contribution in [-0.2, 0) is 21.2 Å². The maximum Gasteiger partial charge on any atom is 0.255 e. The van der Waals surface area contributed by atoms with Crippen molar-refractivity contribution in [2.75, 3.05) is 13.1 Å². The number of benzene rings is 3. The molecular weight excluding hydrogens is 576 g/mol. The minimum atomic E-state index is -3.89. The Morgan fingerprint density at radius 2 is 1.69 bits per heavy atom. The maximum atomic E-state index is 13.4. The minimum Gasteiger partial charge on any atom is -0.318 e. The SMILES string of the molecule is Cc1ccc(S(=O)(=O)N(CCc2ccccc2)CC(=O)N/N=C/c2cc(C)n(-c3cccc(Br)c3)c2C)cc1. The van der Waals surface area contributed by atoms with Crippen LogP contribution in [-0.4, -0.2) is 42.5 Å². The maximum absolute atomic E-state index is 13.4. The van der Waals surface area contributed by atoms with Crippen molar-refractivity contribution in [3.05, 3.63) is 117 Å². The van der Waals surface area contributed by atoms with Crippen LogP contribution in [0.15, 0.2) is 99.4 Å². The molecule has 0 fully saturated rings. The van der Waals surface area contributed by atoms with Gasteiger partial charge >= 0.3 is 0 Å². The summed E-state index contributed by atoms with van der Waals surface area (Å²) in [6, 6.07) is 26.2. The molecule has 1 amide bonds. The smallest absolute Gasteiger partial charge is 0.255 e. The fourth-order valence-electron chi connectivity index (χ4n) is 4.34. The lowest BCUT2D eigenvalue weighted by Crippen LogP contribution is -2.40. The molecule has 0 saturated carbocycles. The first kappa shape index (κ1) is 28.5. The summed E-state index contributed by atoms with van der Waals surface area (Å²) in [5.41, 5.74) is 8.30. The van der Waals surface area contributed by atoms with Crippen molar-refractivity contribution in [1.82, 2.24) is 14.3 Å². The van der Waals surface area contributed by atoms with Crippen molar-refractivity contribution >= 4 is 38.1 Å². The fraction of sp³-hybridized carbons (Fsp3) is 0.200. The van der Waals surface area contributed by atoms with Crippen LogP contribution in [0.25, 0.3) is 5.69 Å². The number of amides is 1. The Balaban J connectivity index is 1.49. The fourth-order valence-corrected chi connectivity index (χ4v) is 6.13. The van der Waals surface area contributed by atoms with Gasteiger partial charge in [-0.05, 0) is 69.2 Å². The standard InChI is InChI=1S/C30H31BrN4O3S/c1-22-12-14-29(15-13-22)39(37,38)34(17-16-25-8-5-4-6-9-25)21-30(36)33-32-20-26-18-23(2)35(24(26)3)28-11-7-10-27(31)19-28/h4-15,18-20H,16-17,21H2,1-3H3,(H,33,36)/b32-20+. The van der Waals surface area contributed by atoms with Crippen LogP contribution in [0.5, 0.6) is 0 Å². The number of hydrazone groups is 1. The zero-order chi connectivity index (χ0) is 28.0. The molecule has 4 aromatic rings. The molecule has 0 spiro atoms. The lowest BCUT2D eigenvalue weighted by atomic mass is 10.1. The molecule has 39 heavy (non-hydrogen) atoms. The molecule has 3 aromatic carbocycles. The molecular formula is C30H31BrN4O3S. The third-order valence-corrected chi connectivity index (χ3v) is 8.75. The van der Waals surface area contributed by atoms with Crippen molar-refractivity contribution in [3.63, 3.8) is 0 Å². The number of aryl methyl sites for hydroxylation is 2. The summed E-state index contributed by atoms with van der Waals surface area (Å²) in [5, 5.41) is 4.14. The van der Waals surface area contributed by atoms with Gasteiger partial charge in [0.2, 0.25) is 10.0 Å². The summed E-state index contributed by atoms with van der Waals surface area (Å²) in [6.07, 6.45) is 2.06. The summed E-state index contributed by atoms with van der Waals surface area (Å²) < 4.78 is 31.2. The Morgan fingerprint density at radius 1 is 0.974 bits per heavy atom. The summed E-state index contributed by atoms with van der Waals surface area (Å²) >= 11 is 3.51. The molecule has 0 aliphatic rings. The molecule has 1 N–H and O–H groups in total.